The quantitative estimate of drug-likeness (QED) is 0.305. The monoisotopic (exact) mass is 505 g/mol. The summed E-state index contributed by atoms with van der Waals surface area (Å²) in [5.74, 6) is 1.64. The van der Waals surface area contributed by atoms with E-state index in [2.05, 4.69) is 20.4 Å². The standard InChI is InChI=1S/C20H25F2N3O2.HI/c1-3-23-20(24-12-11-15-7-9-17(26-2)10-8-15)25-14-16-5-4-6-18(13-16)27-19(21)22;/h4-10,13,19H,3,11-12,14H2,1-2H3,(H2,23,24,25);1H. The number of hydrogen-bond acceptors (Lipinski definition) is 3. The fraction of sp³-hybridized carbons (Fsp3) is 0.350. The number of ether oxygens (including phenoxy) is 2. The number of halogens is 3. The Balaban J connectivity index is 0.00000392. The van der Waals surface area contributed by atoms with Crippen LogP contribution in [0.4, 0.5) is 8.78 Å². The van der Waals surface area contributed by atoms with Crippen LogP contribution in [0.25, 0.3) is 0 Å². The van der Waals surface area contributed by atoms with E-state index in [1.165, 1.54) is 11.6 Å². The predicted octanol–water partition coefficient (Wildman–Crippen LogP) is 4.21. The molecule has 0 spiro atoms. The number of methoxy groups -OCH3 is 1. The van der Waals surface area contributed by atoms with E-state index in [1.807, 2.05) is 37.3 Å². The molecule has 28 heavy (non-hydrogen) atoms. The normalized spacial score (nSPS) is 11.0. The molecule has 2 aromatic rings. The van der Waals surface area contributed by atoms with E-state index in [-0.39, 0.29) is 29.7 Å². The van der Waals surface area contributed by atoms with E-state index < -0.39 is 6.61 Å². The number of alkyl halides is 2. The number of hydrogen-bond donors (Lipinski definition) is 2. The van der Waals surface area contributed by atoms with Gasteiger partial charge in [-0.05, 0) is 48.7 Å². The van der Waals surface area contributed by atoms with Crippen molar-refractivity contribution < 1.29 is 18.3 Å². The molecule has 2 N–H and O–H groups in total. The Kier molecular flexibility index (Phi) is 11.2. The summed E-state index contributed by atoms with van der Waals surface area (Å²) in [7, 11) is 1.64. The number of nitrogens with zero attached hydrogens (tertiary/aromatic N) is 1. The lowest BCUT2D eigenvalue weighted by Gasteiger charge is -2.12. The van der Waals surface area contributed by atoms with Crippen LogP contribution in [0, 0.1) is 0 Å². The summed E-state index contributed by atoms with van der Waals surface area (Å²) < 4.78 is 34.2. The van der Waals surface area contributed by atoms with Crippen molar-refractivity contribution in [1.29, 1.82) is 0 Å². The van der Waals surface area contributed by atoms with Crippen LogP contribution >= 0.6 is 24.0 Å². The van der Waals surface area contributed by atoms with Gasteiger partial charge in [0.1, 0.15) is 11.5 Å². The van der Waals surface area contributed by atoms with Gasteiger partial charge in [-0.2, -0.15) is 8.78 Å². The first-order valence-corrected chi connectivity index (χ1v) is 8.79. The molecular weight excluding hydrogens is 479 g/mol. The second-order valence-corrected chi connectivity index (χ2v) is 5.75. The van der Waals surface area contributed by atoms with Crippen LogP contribution in [0.15, 0.2) is 53.5 Å². The van der Waals surface area contributed by atoms with Crippen molar-refractivity contribution >= 4 is 29.9 Å². The summed E-state index contributed by atoms with van der Waals surface area (Å²) in [5.41, 5.74) is 1.98. The molecule has 2 rings (SSSR count). The summed E-state index contributed by atoms with van der Waals surface area (Å²) in [5, 5.41) is 6.44. The molecule has 0 aliphatic carbocycles. The minimum Gasteiger partial charge on any atom is -0.497 e. The molecule has 0 unspecified atom stereocenters. The van der Waals surface area contributed by atoms with Crippen molar-refractivity contribution in [3.05, 3.63) is 59.7 Å². The Morgan fingerprint density at radius 1 is 1.04 bits per heavy atom. The lowest BCUT2D eigenvalue weighted by Crippen LogP contribution is -2.38. The highest BCUT2D eigenvalue weighted by molar-refractivity contribution is 14.0. The van der Waals surface area contributed by atoms with E-state index in [0.29, 0.717) is 19.0 Å². The smallest absolute Gasteiger partial charge is 0.387 e. The molecule has 5 nitrogen and oxygen atoms in total. The van der Waals surface area contributed by atoms with Crippen LogP contribution in [0.3, 0.4) is 0 Å². The summed E-state index contributed by atoms with van der Waals surface area (Å²) >= 11 is 0. The SMILES string of the molecule is CCNC(=NCc1cccc(OC(F)F)c1)NCCc1ccc(OC)cc1.I. The highest BCUT2D eigenvalue weighted by Crippen LogP contribution is 2.16. The Morgan fingerprint density at radius 2 is 1.79 bits per heavy atom. The molecule has 0 aromatic heterocycles. The third-order valence-electron chi connectivity index (χ3n) is 3.75. The van der Waals surface area contributed by atoms with Gasteiger partial charge in [-0.1, -0.05) is 24.3 Å². The highest BCUT2D eigenvalue weighted by Gasteiger charge is 2.05. The van der Waals surface area contributed by atoms with Gasteiger partial charge in [0.25, 0.3) is 0 Å². The molecule has 2 aromatic carbocycles. The second-order valence-electron chi connectivity index (χ2n) is 5.75. The van der Waals surface area contributed by atoms with Gasteiger partial charge in [0.15, 0.2) is 5.96 Å². The van der Waals surface area contributed by atoms with Crippen molar-refractivity contribution in [3.63, 3.8) is 0 Å². The lowest BCUT2D eigenvalue weighted by atomic mass is 10.1. The zero-order valence-electron chi connectivity index (χ0n) is 16.0. The summed E-state index contributed by atoms with van der Waals surface area (Å²) in [6.07, 6.45) is 0.839. The fourth-order valence-corrected chi connectivity index (χ4v) is 2.45. The first-order chi connectivity index (χ1) is 13.1. The van der Waals surface area contributed by atoms with Crippen molar-refractivity contribution in [2.45, 2.75) is 26.5 Å². The van der Waals surface area contributed by atoms with Crippen LogP contribution < -0.4 is 20.1 Å². The molecule has 0 aliphatic heterocycles. The fourth-order valence-electron chi connectivity index (χ4n) is 2.45. The van der Waals surface area contributed by atoms with Crippen LogP contribution in [0.1, 0.15) is 18.1 Å². The van der Waals surface area contributed by atoms with Gasteiger partial charge < -0.3 is 20.1 Å². The largest absolute Gasteiger partial charge is 0.497 e. The topological polar surface area (TPSA) is 54.9 Å². The number of guanidine groups is 1. The molecule has 154 valence electrons. The lowest BCUT2D eigenvalue weighted by molar-refractivity contribution is -0.0498. The van der Waals surface area contributed by atoms with Gasteiger partial charge in [-0.15, -0.1) is 24.0 Å². The summed E-state index contributed by atoms with van der Waals surface area (Å²) in [6.45, 7) is 0.951. The molecule has 8 heteroatoms. The van der Waals surface area contributed by atoms with E-state index in [4.69, 9.17) is 4.74 Å². The van der Waals surface area contributed by atoms with E-state index in [1.54, 1.807) is 19.2 Å². The van der Waals surface area contributed by atoms with Gasteiger partial charge in [0.05, 0.1) is 13.7 Å². The highest BCUT2D eigenvalue weighted by atomic mass is 127. The Morgan fingerprint density at radius 3 is 2.43 bits per heavy atom. The van der Waals surface area contributed by atoms with Crippen LogP contribution in [-0.4, -0.2) is 32.8 Å². The molecule has 0 saturated heterocycles. The molecule has 0 bridgehead atoms. The first-order valence-electron chi connectivity index (χ1n) is 8.79. The van der Waals surface area contributed by atoms with Gasteiger partial charge in [0.2, 0.25) is 0 Å². The summed E-state index contributed by atoms with van der Waals surface area (Å²) in [4.78, 5) is 4.49. The summed E-state index contributed by atoms with van der Waals surface area (Å²) in [6, 6.07) is 14.5. The van der Waals surface area contributed by atoms with Gasteiger partial charge >= 0.3 is 6.61 Å². The maximum Gasteiger partial charge on any atom is 0.387 e. The zero-order chi connectivity index (χ0) is 19.5. The average Bonchev–Trinajstić information content (AvgIpc) is 2.66. The Hall–Kier alpha value is -2.10. The van der Waals surface area contributed by atoms with Crippen molar-refractivity contribution in [2.75, 3.05) is 20.2 Å². The number of nitrogens with one attached hydrogen (secondary N) is 2. The number of benzene rings is 2. The van der Waals surface area contributed by atoms with Crippen molar-refractivity contribution in [2.24, 2.45) is 4.99 Å². The van der Waals surface area contributed by atoms with Gasteiger partial charge in [0, 0.05) is 13.1 Å². The van der Waals surface area contributed by atoms with Gasteiger partial charge in [-0.25, -0.2) is 4.99 Å². The van der Waals surface area contributed by atoms with Crippen molar-refractivity contribution in [1.82, 2.24) is 10.6 Å². The molecule has 0 fully saturated rings. The van der Waals surface area contributed by atoms with E-state index >= 15 is 0 Å². The average molecular weight is 505 g/mol. The third-order valence-corrected chi connectivity index (χ3v) is 3.75. The van der Waals surface area contributed by atoms with Gasteiger partial charge in [-0.3, -0.25) is 0 Å². The molecule has 0 saturated carbocycles. The maximum absolute atomic E-state index is 12.3. The van der Waals surface area contributed by atoms with Crippen molar-refractivity contribution in [3.8, 4) is 11.5 Å². The third kappa shape index (κ3) is 8.73. The first kappa shape index (κ1) is 23.9. The Labute approximate surface area is 181 Å². The van der Waals surface area contributed by atoms with E-state index in [0.717, 1.165) is 24.3 Å². The molecular formula is C20H26F2IN3O2. The number of rotatable bonds is 9. The minimum atomic E-state index is -2.83. The maximum atomic E-state index is 12.3. The predicted molar refractivity (Wildman–Crippen MR) is 118 cm³/mol. The second kappa shape index (κ2) is 13.1. The molecule has 0 amide bonds. The minimum absolute atomic E-state index is 0. The molecule has 0 aliphatic rings. The zero-order valence-corrected chi connectivity index (χ0v) is 18.3. The van der Waals surface area contributed by atoms with E-state index in [9.17, 15) is 8.78 Å². The Bertz CT molecular complexity index is 728. The molecule has 0 heterocycles. The van der Waals surface area contributed by atoms with Crippen LogP contribution in [0.2, 0.25) is 0 Å². The van der Waals surface area contributed by atoms with Crippen LogP contribution in [0.5, 0.6) is 11.5 Å². The molecule has 0 radical (unpaired) electrons. The number of aliphatic imine (C=N–C) groups is 1. The molecule has 0 atom stereocenters. The van der Waals surface area contributed by atoms with Crippen LogP contribution in [-0.2, 0) is 13.0 Å².